The number of hydrogen-bond acceptors (Lipinski definition) is 2. The quantitative estimate of drug-likeness (QED) is 0.916. The first-order chi connectivity index (χ1) is 8.66. The summed E-state index contributed by atoms with van der Waals surface area (Å²) in [6.07, 6.45) is 3.68. The van der Waals surface area contributed by atoms with Gasteiger partial charge >= 0.3 is 0 Å². The van der Waals surface area contributed by atoms with E-state index >= 15 is 0 Å². The summed E-state index contributed by atoms with van der Waals surface area (Å²) in [4.78, 5) is 2.01. The van der Waals surface area contributed by atoms with Gasteiger partial charge in [-0.2, -0.15) is 0 Å². The van der Waals surface area contributed by atoms with E-state index in [2.05, 4.69) is 21.2 Å². The molecular formula is C14H20BrFN2. The Morgan fingerprint density at radius 3 is 3.06 bits per heavy atom. The molecule has 1 aromatic rings. The Morgan fingerprint density at radius 1 is 1.50 bits per heavy atom. The molecule has 1 heterocycles. The number of piperidine rings is 1. The monoisotopic (exact) mass is 314 g/mol. The normalized spacial score (nSPS) is 19.8. The molecule has 0 aromatic heterocycles. The highest BCUT2D eigenvalue weighted by molar-refractivity contribution is 9.10. The van der Waals surface area contributed by atoms with Crippen molar-refractivity contribution in [3.8, 4) is 0 Å². The fourth-order valence-corrected chi connectivity index (χ4v) is 2.79. The van der Waals surface area contributed by atoms with E-state index in [4.69, 9.17) is 0 Å². The van der Waals surface area contributed by atoms with Crippen LogP contribution in [0.25, 0.3) is 0 Å². The van der Waals surface area contributed by atoms with Gasteiger partial charge in [-0.15, -0.1) is 0 Å². The highest BCUT2D eigenvalue weighted by Gasteiger charge is 2.15. The van der Waals surface area contributed by atoms with Crippen LogP contribution in [0.15, 0.2) is 22.7 Å². The molecule has 4 heteroatoms. The Morgan fingerprint density at radius 2 is 2.33 bits per heavy atom. The van der Waals surface area contributed by atoms with Crippen molar-refractivity contribution in [2.24, 2.45) is 5.92 Å². The number of nitrogens with one attached hydrogen (secondary N) is 1. The third-order valence-electron chi connectivity index (χ3n) is 3.59. The first-order valence-corrected chi connectivity index (χ1v) is 7.33. The zero-order valence-electron chi connectivity index (χ0n) is 10.8. The molecule has 100 valence electrons. The van der Waals surface area contributed by atoms with Gasteiger partial charge in [0.25, 0.3) is 0 Å². The molecule has 0 bridgehead atoms. The summed E-state index contributed by atoms with van der Waals surface area (Å²) in [5, 5.41) is 3.42. The summed E-state index contributed by atoms with van der Waals surface area (Å²) >= 11 is 3.39. The molecule has 1 saturated heterocycles. The predicted octanol–water partition coefficient (Wildman–Crippen LogP) is 3.41. The van der Waals surface area contributed by atoms with Crippen LogP contribution in [0.3, 0.4) is 0 Å². The first-order valence-electron chi connectivity index (χ1n) is 6.53. The Kier molecular flexibility index (Phi) is 5.01. The number of benzene rings is 1. The van der Waals surface area contributed by atoms with Gasteiger partial charge in [-0.25, -0.2) is 4.39 Å². The molecule has 0 radical (unpaired) electrons. The van der Waals surface area contributed by atoms with Crippen LogP contribution in [-0.4, -0.2) is 26.7 Å². The van der Waals surface area contributed by atoms with E-state index in [1.54, 1.807) is 6.07 Å². The van der Waals surface area contributed by atoms with Crippen LogP contribution in [0.2, 0.25) is 0 Å². The SMILES string of the molecule is CN(CCC1CCCNC1)c1cc(Br)ccc1F. The summed E-state index contributed by atoms with van der Waals surface area (Å²) < 4.78 is 14.6. The average Bonchev–Trinajstić information content (AvgIpc) is 2.40. The minimum atomic E-state index is -0.150. The molecule has 1 aliphatic heterocycles. The second-order valence-corrected chi connectivity index (χ2v) is 5.93. The lowest BCUT2D eigenvalue weighted by Crippen LogP contribution is -2.32. The minimum absolute atomic E-state index is 0.150. The molecule has 1 fully saturated rings. The van der Waals surface area contributed by atoms with Crippen molar-refractivity contribution in [2.75, 3.05) is 31.6 Å². The van der Waals surface area contributed by atoms with Crippen LogP contribution in [0.4, 0.5) is 10.1 Å². The molecule has 0 amide bonds. The van der Waals surface area contributed by atoms with E-state index < -0.39 is 0 Å². The molecule has 0 saturated carbocycles. The molecule has 2 nitrogen and oxygen atoms in total. The van der Waals surface area contributed by atoms with Crippen molar-refractivity contribution < 1.29 is 4.39 Å². The highest BCUT2D eigenvalue weighted by Crippen LogP contribution is 2.24. The number of hydrogen-bond donors (Lipinski definition) is 1. The van der Waals surface area contributed by atoms with E-state index in [0.717, 1.165) is 36.4 Å². The van der Waals surface area contributed by atoms with Crippen molar-refractivity contribution in [1.82, 2.24) is 5.32 Å². The third-order valence-corrected chi connectivity index (χ3v) is 4.08. The van der Waals surface area contributed by atoms with Crippen molar-refractivity contribution in [1.29, 1.82) is 0 Å². The van der Waals surface area contributed by atoms with Gasteiger partial charge in [0.2, 0.25) is 0 Å². The van der Waals surface area contributed by atoms with Gasteiger partial charge in [0, 0.05) is 18.1 Å². The molecule has 0 aliphatic carbocycles. The van der Waals surface area contributed by atoms with Gasteiger partial charge in [0.15, 0.2) is 0 Å². The fourth-order valence-electron chi connectivity index (χ4n) is 2.45. The molecule has 18 heavy (non-hydrogen) atoms. The minimum Gasteiger partial charge on any atom is -0.372 e. The van der Waals surface area contributed by atoms with Crippen molar-refractivity contribution in [2.45, 2.75) is 19.3 Å². The molecule has 1 atom stereocenters. The molecule has 1 aliphatic rings. The van der Waals surface area contributed by atoms with Crippen molar-refractivity contribution in [3.63, 3.8) is 0 Å². The summed E-state index contributed by atoms with van der Waals surface area (Å²) in [6, 6.07) is 5.09. The largest absolute Gasteiger partial charge is 0.372 e. The predicted molar refractivity (Wildman–Crippen MR) is 77.6 cm³/mol. The zero-order chi connectivity index (χ0) is 13.0. The second kappa shape index (κ2) is 6.53. The maximum atomic E-state index is 13.7. The van der Waals surface area contributed by atoms with Crippen molar-refractivity contribution >= 4 is 21.6 Å². The average molecular weight is 315 g/mol. The van der Waals surface area contributed by atoms with Crippen LogP contribution in [0.1, 0.15) is 19.3 Å². The number of nitrogens with zero attached hydrogens (tertiary/aromatic N) is 1. The molecule has 2 rings (SSSR count). The third kappa shape index (κ3) is 3.69. The molecular weight excluding hydrogens is 295 g/mol. The lowest BCUT2D eigenvalue weighted by atomic mass is 9.96. The summed E-state index contributed by atoms with van der Waals surface area (Å²) in [6.45, 7) is 3.15. The van der Waals surface area contributed by atoms with Crippen LogP contribution in [-0.2, 0) is 0 Å². The molecule has 1 aromatic carbocycles. The number of rotatable bonds is 4. The lowest BCUT2D eigenvalue weighted by Gasteiger charge is -2.26. The Bertz CT molecular complexity index is 391. The molecule has 1 N–H and O–H groups in total. The Hall–Kier alpha value is -0.610. The van der Waals surface area contributed by atoms with Gasteiger partial charge < -0.3 is 10.2 Å². The Labute approximate surface area is 117 Å². The standard InChI is InChI=1S/C14H20BrFN2/c1-18(8-6-11-3-2-7-17-10-11)14-9-12(15)4-5-13(14)16/h4-5,9,11,17H,2-3,6-8,10H2,1H3. The van der Waals surface area contributed by atoms with E-state index in [-0.39, 0.29) is 5.82 Å². The van der Waals surface area contributed by atoms with Gasteiger partial charge in [-0.3, -0.25) is 0 Å². The van der Waals surface area contributed by atoms with Crippen LogP contribution < -0.4 is 10.2 Å². The maximum Gasteiger partial charge on any atom is 0.146 e. The zero-order valence-corrected chi connectivity index (χ0v) is 12.3. The second-order valence-electron chi connectivity index (χ2n) is 5.02. The molecule has 0 spiro atoms. The fraction of sp³-hybridized carbons (Fsp3) is 0.571. The first kappa shape index (κ1) is 13.8. The smallest absolute Gasteiger partial charge is 0.146 e. The number of anilines is 1. The maximum absolute atomic E-state index is 13.7. The van der Waals surface area contributed by atoms with E-state index in [9.17, 15) is 4.39 Å². The summed E-state index contributed by atoms with van der Waals surface area (Å²) in [5.41, 5.74) is 0.674. The topological polar surface area (TPSA) is 15.3 Å². The van der Waals surface area contributed by atoms with Crippen LogP contribution >= 0.6 is 15.9 Å². The summed E-state index contributed by atoms with van der Waals surface area (Å²) in [5.74, 6) is 0.582. The van der Waals surface area contributed by atoms with Gasteiger partial charge in [0.1, 0.15) is 5.82 Å². The number of halogens is 2. The molecule has 1 unspecified atom stereocenters. The van der Waals surface area contributed by atoms with E-state index in [1.165, 1.54) is 18.9 Å². The van der Waals surface area contributed by atoms with Gasteiger partial charge in [0.05, 0.1) is 5.69 Å². The summed E-state index contributed by atoms with van der Waals surface area (Å²) in [7, 11) is 1.96. The lowest BCUT2D eigenvalue weighted by molar-refractivity contribution is 0.360. The van der Waals surface area contributed by atoms with E-state index in [0.29, 0.717) is 5.69 Å². The van der Waals surface area contributed by atoms with Crippen LogP contribution in [0, 0.1) is 11.7 Å². The van der Waals surface area contributed by atoms with Crippen LogP contribution in [0.5, 0.6) is 0 Å². The van der Waals surface area contributed by atoms with Gasteiger partial charge in [-0.05, 0) is 56.5 Å². The van der Waals surface area contributed by atoms with E-state index in [1.807, 2.05) is 18.0 Å². The highest BCUT2D eigenvalue weighted by atomic mass is 79.9. The van der Waals surface area contributed by atoms with Crippen molar-refractivity contribution in [3.05, 3.63) is 28.5 Å². The van der Waals surface area contributed by atoms with Gasteiger partial charge in [-0.1, -0.05) is 15.9 Å². The Balaban J connectivity index is 1.90.